The van der Waals surface area contributed by atoms with E-state index in [0.717, 1.165) is 43.4 Å². The van der Waals surface area contributed by atoms with Gasteiger partial charge in [0.05, 0.1) is 16.9 Å². The van der Waals surface area contributed by atoms with Crippen molar-refractivity contribution in [1.29, 1.82) is 5.26 Å². The summed E-state index contributed by atoms with van der Waals surface area (Å²) in [7, 11) is 0. The molecule has 0 unspecified atom stereocenters. The molecule has 0 amide bonds. The summed E-state index contributed by atoms with van der Waals surface area (Å²) in [5, 5.41) is 22.2. The average Bonchev–Trinajstić information content (AvgIpc) is 3.14. The molecule has 27 heavy (non-hydrogen) atoms. The van der Waals surface area contributed by atoms with Crippen molar-refractivity contribution in [3.05, 3.63) is 59.7 Å². The van der Waals surface area contributed by atoms with E-state index in [1.165, 1.54) is 12.1 Å². The number of nitrogens with zero attached hydrogens (tertiary/aromatic N) is 7. The van der Waals surface area contributed by atoms with Crippen molar-refractivity contribution in [3.8, 4) is 11.9 Å². The third kappa shape index (κ3) is 3.44. The van der Waals surface area contributed by atoms with Crippen LogP contribution in [0.25, 0.3) is 5.82 Å². The molecule has 2 aromatic heterocycles. The maximum atomic E-state index is 13.3. The number of benzene rings is 1. The largest absolute Gasteiger partial charge is 0.367 e. The third-order valence-electron chi connectivity index (χ3n) is 4.62. The van der Waals surface area contributed by atoms with Crippen molar-refractivity contribution in [2.75, 3.05) is 36.0 Å². The van der Waals surface area contributed by atoms with Crippen LogP contribution in [0, 0.1) is 24.1 Å². The first-order valence-corrected chi connectivity index (χ1v) is 8.70. The maximum Gasteiger partial charge on any atom is 0.175 e. The number of hydrogen-bond donors (Lipinski definition) is 0. The fourth-order valence-electron chi connectivity index (χ4n) is 3.20. The van der Waals surface area contributed by atoms with E-state index in [0.29, 0.717) is 11.4 Å². The van der Waals surface area contributed by atoms with Crippen molar-refractivity contribution in [3.63, 3.8) is 0 Å². The summed E-state index contributed by atoms with van der Waals surface area (Å²) in [6.45, 7) is 4.87. The molecule has 8 heteroatoms. The molecule has 0 radical (unpaired) electrons. The van der Waals surface area contributed by atoms with Crippen molar-refractivity contribution < 1.29 is 4.39 Å². The highest BCUT2D eigenvalue weighted by atomic mass is 19.1. The van der Waals surface area contributed by atoms with Gasteiger partial charge in [0.2, 0.25) is 0 Å². The van der Waals surface area contributed by atoms with E-state index in [1.807, 2.05) is 31.3 Å². The SMILES string of the molecule is Cc1ccn(-c2ccc(N3CCN(c4ccc(F)cc4C#N)CC3)nn2)n1. The molecule has 1 aliphatic rings. The molecule has 3 aromatic rings. The summed E-state index contributed by atoms with van der Waals surface area (Å²) >= 11 is 0. The Kier molecular flexibility index (Phi) is 4.42. The van der Waals surface area contributed by atoms with Crippen LogP contribution in [0.2, 0.25) is 0 Å². The van der Waals surface area contributed by atoms with E-state index in [2.05, 4.69) is 31.2 Å². The monoisotopic (exact) mass is 363 g/mol. The quantitative estimate of drug-likeness (QED) is 0.711. The van der Waals surface area contributed by atoms with Crippen LogP contribution in [0.1, 0.15) is 11.3 Å². The van der Waals surface area contributed by atoms with Gasteiger partial charge in [-0.2, -0.15) is 10.4 Å². The van der Waals surface area contributed by atoms with Gasteiger partial charge in [0.1, 0.15) is 11.9 Å². The van der Waals surface area contributed by atoms with Gasteiger partial charge in [-0.1, -0.05) is 0 Å². The second kappa shape index (κ2) is 7.03. The molecule has 0 N–H and O–H groups in total. The van der Waals surface area contributed by atoms with Gasteiger partial charge in [0.15, 0.2) is 11.6 Å². The van der Waals surface area contributed by atoms with Gasteiger partial charge in [-0.25, -0.2) is 9.07 Å². The molecule has 0 saturated carbocycles. The van der Waals surface area contributed by atoms with Gasteiger partial charge in [-0.15, -0.1) is 10.2 Å². The molecule has 1 fully saturated rings. The van der Waals surface area contributed by atoms with Gasteiger partial charge >= 0.3 is 0 Å². The number of aromatic nitrogens is 4. The third-order valence-corrected chi connectivity index (χ3v) is 4.62. The summed E-state index contributed by atoms with van der Waals surface area (Å²) in [5.74, 6) is 1.09. The van der Waals surface area contributed by atoms with Crippen LogP contribution in [-0.4, -0.2) is 46.2 Å². The van der Waals surface area contributed by atoms with E-state index in [1.54, 1.807) is 10.7 Å². The van der Waals surface area contributed by atoms with Crippen LogP contribution in [0.5, 0.6) is 0 Å². The Bertz CT molecular complexity index is 982. The molecule has 0 bridgehead atoms. The lowest BCUT2D eigenvalue weighted by Crippen LogP contribution is -2.47. The molecule has 4 rings (SSSR count). The van der Waals surface area contributed by atoms with E-state index in [4.69, 9.17) is 0 Å². The average molecular weight is 363 g/mol. The zero-order valence-corrected chi connectivity index (χ0v) is 14.9. The highest BCUT2D eigenvalue weighted by molar-refractivity contribution is 5.60. The fraction of sp³-hybridized carbons (Fsp3) is 0.263. The van der Waals surface area contributed by atoms with Crippen LogP contribution in [-0.2, 0) is 0 Å². The molecule has 0 atom stereocenters. The Hall–Kier alpha value is -3.47. The van der Waals surface area contributed by atoms with E-state index in [-0.39, 0.29) is 0 Å². The first-order chi connectivity index (χ1) is 13.1. The van der Waals surface area contributed by atoms with E-state index >= 15 is 0 Å². The number of aryl methyl sites for hydroxylation is 1. The zero-order chi connectivity index (χ0) is 18.8. The summed E-state index contributed by atoms with van der Waals surface area (Å²) in [4.78, 5) is 4.25. The van der Waals surface area contributed by atoms with Gasteiger partial charge in [-0.3, -0.25) is 0 Å². The Morgan fingerprint density at radius 3 is 2.30 bits per heavy atom. The number of halogens is 1. The summed E-state index contributed by atoms with van der Waals surface area (Å²) < 4.78 is 15.0. The van der Waals surface area contributed by atoms with Crippen LogP contribution in [0.15, 0.2) is 42.6 Å². The number of anilines is 2. The number of piperazine rings is 1. The molecular weight excluding hydrogens is 345 g/mol. The smallest absolute Gasteiger partial charge is 0.175 e. The summed E-state index contributed by atoms with van der Waals surface area (Å²) in [6, 6.07) is 12.2. The Labute approximate surface area is 156 Å². The summed E-state index contributed by atoms with van der Waals surface area (Å²) in [6.07, 6.45) is 1.85. The second-order valence-electron chi connectivity index (χ2n) is 6.40. The van der Waals surface area contributed by atoms with E-state index in [9.17, 15) is 9.65 Å². The highest BCUT2D eigenvalue weighted by Crippen LogP contribution is 2.23. The normalized spacial score (nSPS) is 14.3. The molecular formula is C19H18FN7. The lowest BCUT2D eigenvalue weighted by Gasteiger charge is -2.36. The standard InChI is InChI=1S/C19H18FN7/c1-14-6-7-27(24-14)19-5-4-18(22-23-19)26-10-8-25(9-11-26)17-3-2-16(20)12-15(17)13-21/h2-7,12H,8-11H2,1H3. The predicted octanol–water partition coefficient (Wildman–Crippen LogP) is 2.31. The minimum absolute atomic E-state index is 0.363. The van der Waals surface area contributed by atoms with Crippen LogP contribution < -0.4 is 9.80 Å². The number of rotatable bonds is 3. The number of hydrogen-bond acceptors (Lipinski definition) is 6. The van der Waals surface area contributed by atoms with Gasteiger partial charge < -0.3 is 9.80 Å². The highest BCUT2D eigenvalue weighted by Gasteiger charge is 2.21. The number of nitriles is 1. The Balaban J connectivity index is 1.44. The molecule has 7 nitrogen and oxygen atoms in total. The van der Waals surface area contributed by atoms with Crippen molar-refractivity contribution in [2.24, 2.45) is 0 Å². The fourth-order valence-corrected chi connectivity index (χ4v) is 3.20. The minimum atomic E-state index is -0.392. The second-order valence-corrected chi connectivity index (χ2v) is 6.40. The van der Waals surface area contributed by atoms with Crippen LogP contribution in [0.3, 0.4) is 0 Å². The van der Waals surface area contributed by atoms with Crippen molar-refractivity contribution in [1.82, 2.24) is 20.0 Å². The van der Waals surface area contributed by atoms with E-state index < -0.39 is 5.82 Å². The predicted molar refractivity (Wildman–Crippen MR) is 99.4 cm³/mol. The molecule has 136 valence electrons. The first-order valence-electron chi connectivity index (χ1n) is 8.70. The topological polar surface area (TPSA) is 73.9 Å². The van der Waals surface area contributed by atoms with Gasteiger partial charge in [0, 0.05) is 32.4 Å². The minimum Gasteiger partial charge on any atom is -0.367 e. The van der Waals surface area contributed by atoms with Crippen molar-refractivity contribution >= 4 is 11.5 Å². The van der Waals surface area contributed by atoms with Gasteiger partial charge in [0.25, 0.3) is 0 Å². The molecule has 1 aliphatic heterocycles. The maximum absolute atomic E-state index is 13.3. The molecule has 1 saturated heterocycles. The van der Waals surface area contributed by atoms with Crippen LogP contribution in [0.4, 0.5) is 15.9 Å². The lowest BCUT2D eigenvalue weighted by atomic mass is 10.1. The first kappa shape index (κ1) is 17.0. The summed E-state index contributed by atoms with van der Waals surface area (Å²) in [5.41, 5.74) is 2.06. The Morgan fingerprint density at radius 1 is 0.963 bits per heavy atom. The lowest BCUT2D eigenvalue weighted by molar-refractivity contribution is 0.622. The van der Waals surface area contributed by atoms with Crippen molar-refractivity contribution in [2.45, 2.75) is 6.92 Å². The molecule has 1 aromatic carbocycles. The Morgan fingerprint density at radius 2 is 1.67 bits per heavy atom. The van der Waals surface area contributed by atoms with Crippen LogP contribution >= 0.6 is 0 Å². The molecule has 0 aliphatic carbocycles. The van der Waals surface area contributed by atoms with Gasteiger partial charge in [-0.05, 0) is 43.3 Å². The molecule has 0 spiro atoms. The zero-order valence-electron chi connectivity index (χ0n) is 14.9. The molecule has 3 heterocycles.